The molecule has 0 aliphatic carbocycles. The maximum absolute atomic E-state index is 13.1. The molecule has 0 radical (unpaired) electrons. The molecular weight excluding hydrogens is 427 g/mol. The highest BCUT2D eigenvalue weighted by Crippen LogP contribution is 2.07. The fraction of sp³-hybridized carbons (Fsp3) is 0.375. The first kappa shape index (κ1) is 20.3. The van der Waals surface area contributed by atoms with Gasteiger partial charge in [-0.15, -0.1) is 24.0 Å². The average molecular weight is 449 g/mol. The molecule has 2 aromatic rings. The number of nitrogens with zero attached hydrogens (tertiary/aromatic N) is 3. The van der Waals surface area contributed by atoms with Gasteiger partial charge in [0.2, 0.25) is 0 Å². The highest BCUT2D eigenvalue weighted by molar-refractivity contribution is 14.0. The van der Waals surface area contributed by atoms with Gasteiger partial charge in [-0.1, -0.05) is 0 Å². The van der Waals surface area contributed by atoms with Crippen LogP contribution in [0.5, 0.6) is 0 Å². The van der Waals surface area contributed by atoms with Crippen LogP contribution in [0, 0.1) is 11.6 Å². The van der Waals surface area contributed by atoms with Crippen molar-refractivity contribution in [3.05, 3.63) is 53.9 Å². The van der Waals surface area contributed by atoms with Gasteiger partial charge in [0.05, 0.1) is 0 Å². The van der Waals surface area contributed by atoms with Crippen molar-refractivity contribution < 1.29 is 8.78 Å². The van der Waals surface area contributed by atoms with Crippen molar-refractivity contribution in [3.8, 4) is 0 Å². The largest absolute Gasteiger partial charge is 0.356 e. The van der Waals surface area contributed by atoms with Crippen LogP contribution >= 0.6 is 24.0 Å². The van der Waals surface area contributed by atoms with Crippen LogP contribution < -0.4 is 10.6 Å². The Morgan fingerprint density at radius 1 is 1.17 bits per heavy atom. The van der Waals surface area contributed by atoms with E-state index in [4.69, 9.17) is 0 Å². The zero-order valence-electron chi connectivity index (χ0n) is 13.5. The lowest BCUT2D eigenvalue weighted by atomic mass is 10.1. The number of aromatic nitrogens is 2. The number of rotatable bonds is 7. The van der Waals surface area contributed by atoms with E-state index in [1.165, 1.54) is 12.1 Å². The van der Waals surface area contributed by atoms with E-state index < -0.39 is 11.6 Å². The van der Waals surface area contributed by atoms with Gasteiger partial charge in [0.1, 0.15) is 11.6 Å². The van der Waals surface area contributed by atoms with Crippen LogP contribution in [0.15, 0.2) is 41.7 Å². The van der Waals surface area contributed by atoms with Gasteiger partial charge in [-0.25, -0.2) is 8.78 Å². The number of nitrogens with one attached hydrogen (secondary N) is 2. The number of hydrogen-bond acceptors (Lipinski definition) is 2. The van der Waals surface area contributed by atoms with E-state index in [9.17, 15) is 8.78 Å². The summed E-state index contributed by atoms with van der Waals surface area (Å²) >= 11 is 0. The third kappa shape index (κ3) is 7.24. The van der Waals surface area contributed by atoms with Crippen molar-refractivity contribution in [2.24, 2.45) is 4.99 Å². The molecule has 1 heterocycles. The summed E-state index contributed by atoms with van der Waals surface area (Å²) in [6, 6.07) is 5.44. The minimum absolute atomic E-state index is 0. The number of halogens is 3. The molecule has 0 saturated carbocycles. The molecule has 0 amide bonds. The van der Waals surface area contributed by atoms with E-state index >= 15 is 0 Å². The molecule has 1 aromatic carbocycles. The zero-order valence-corrected chi connectivity index (χ0v) is 15.8. The van der Waals surface area contributed by atoms with Gasteiger partial charge in [0.15, 0.2) is 5.96 Å². The molecule has 24 heavy (non-hydrogen) atoms. The Hall–Kier alpha value is -1.71. The highest BCUT2D eigenvalue weighted by Gasteiger charge is 2.02. The lowest BCUT2D eigenvalue weighted by molar-refractivity contribution is 0.570. The summed E-state index contributed by atoms with van der Waals surface area (Å²) in [4.78, 5) is 4.11. The van der Waals surface area contributed by atoms with Crippen molar-refractivity contribution in [1.29, 1.82) is 0 Å². The molecule has 0 atom stereocenters. The predicted octanol–water partition coefficient (Wildman–Crippen LogP) is 2.58. The molecule has 0 bridgehead atoms. The smallest absolute Gasteiger partial charge is 0.190 e. The number of guanidine groups is 1. The summed E-state index contributed by atoms with van der Waals surface area (Å²) in [7, 11) is 1.69. The predicted molar refractivity (Wildman–Crippen MR) is 102 cm³/mol. The van der Waals surface area contributed by atoms with Crippen molar-refractivity contribution in [2.45, 2.75) is 19.4 Å². The van der Waals surface area contributed by atoms with Crippen LogP contribution in [-0.4, -0.2) is 35.9 Å². The monoisotopic (exact) mass is 449 g/mol. The minimum atomic E-state index is -0.555. The van der Waals surface area contributed by atoms with Crippen LogP contribution in [-0.2, 0) is 13.0 Å². The Labute approximate surface area is 157 Å². The van der Waals surface area contributed by atoms with Gasteiger partial charge < -0.3 is 10.6 Å². The Morgan fingerprint density at radius 3 is 2.50 bits per heavy atom. The molecule has 8 heteroatoms. The number of aliphatic imine (C=N–C) groups is 1. The van der Waals surface area contributed by atoms with Gasteiger partial charge >= 0.3 is 0 Å². The van der Waals surface area contributed by atoms with E-state index in [1.54, 1.807) is 13.2 Å². The molecule has 2 N–H and O–H groups in total. The zero-order chi connectivity index (χ0) is 16.5. The molecular formula is C16H22F2IN5. The highest BCUT2D eigenvalue weighted by atomic mass is 127. The maximum Gasteiger partial charge on any atom is 0.190 e. The Kier molecular flexibility index (Phi) is 9.28. The third-order valence-corrected chi connectivity index (χ3v) is 3.27. The van der Waals surface area contributed by atoms with Gasteiger partial charge in [0.25, 0.3) is 0 Å². The molecule has 5 nitrogen and oxygen atoms in total. The van der Waals surface area contributed by atoms with Crippen LogP contribution in [0.1, 0.15) is 12.0 Å². The molecule has 0 saturated heterocycles. The molecule has 2 rings (SSSR count). The second-order valence-corrected chi connectivity index (χ2v) is 5.08. The Morgan fingerprint density at radius 2 is 1.88 bits per heavy atom. The molecule has 0 unspecified atom stereocenters. The summed E-state index contributed by atoms with van der Waals surface area (Å²) in [6.07, 6.45) is 5.11. The second-order valence-electron chi connectivity index (χ2n) is 5.08. The average Bonchev–Trinajstić information content (AvgIpc) is 3.02. The summed E-state index contributed by atoms with van der Waals surface area (Å²) in [5.41, 5.74) is 0.615. The normalized spacial score (nSPS) is 11.0. The number of aryl methyl sites for hydroxylation is 1. The van der Waals surface area contributed by atoms with E-state index in [1.807, 2.05) is 16.9 Å². The van der Waals surface area contributed by atoms with Gasteiger partial charge in [-0.3, -0.25) is 9.67 Å². The number of benzene rings is 1. The maximum atomic E-state index is 13.1. The Balaban J connectivity index is 0.00000288. The van der Waals surface area contributed by atoms with Crippen molar-refractivity contribution in [2.75, 3.05) is 20.1 Å². The van der Waals surface area contributed by atoms with Gasteiger partial charge in [-0.05, 0) is 36.6 Å². The van der Waals surface area contributed by atoms with Crippen molar-refractivity contribution in [1.82, 2.24) is 20.4 Å². The van der Waals surface area contributed by atoms with E-state index in [2.05, 4.69) is 20.7 Å². The molecule has 0 aliphatic rings. The van der Waals surface area contributed by atoms with Crippen LogP contribution in [0.25, 0.3) is 0 Å². The number of hydrogen-bond donors (Lipinski definition) is 2. The topological polar surface area (TPSA) is 54.2 Å². The lowest BCUT2D eigenvalue weighted by Gasteiger charge is -2.12. The molecule has 132 valence electrons. The SMILES string of the molecule is CN=C(NCCCn1cccn1)NCCc1cc(F)cc(F)c1.I. The first-order chi connectivity index (χ1) is 11.2. The van der Waals surface area contributed by atoms with Gasteiger partial charge in [0, 0.05) is 45.1 Å². The van der Waals surface area contributed by atoms with E-state index in [-0.39, 0.29) is 24.0 Å². The van der Waals surface area contributed by atoms with Crippen molar-refractivity contribution >= 4 is 29.9 Å². The fourth-order valence-electron chi connectivity index (χ4n) is 2.18. The Bertz CT molecular complexity index is 611. The standard InChI is InChI=1S/C16H21F2N5.HI/c1-19-16(20-5-2-8-23-9-3-6-22-23)21-7-4-13-10-14(17)12-15(18)11-13;/h3,6,9-12H,2,4-5,7-8H2,1H3,(H2,19,20,21);1H. The lowest BCUT2D eigenvalue weighted by Crippen LogP contribution is -2.39. The quantitative estimate of drug-likeness (QED) is 0.296. The molecule has 0 fully saturated rings. The summed E-state index contributed by atoms with van der Waals surface area (Å²) in [5.74, 6) is -0.440. The first-order valence-electron chi connectivity index (χ1n) is 7.54. The first-order valence-corrected chi connectivity index (χ1v) is 7.54. The third-order valence-electron chi connectivity index (χ3n) is 3.27. The molecule has 0 aliphatic heterocycles. The molecule has 0 spiro atoms. The van der Waals surface area contributed by atoms with Crippen LogP contribution in [0.2, 0.25) is 0 Å². The van der Waals surface area contributed by atoms with Gasteiger partial charge in [-0.2, -0.15) is 5.10 Å². The summed E-state index contributed by atoms with van der Waals surface area (Å²) in [6.45, 7) is 2.13. The minimum Gasteiger partial charge on any atom is -0.356 e. The van der Waals surface area contributed by atoms with Crippen LogP contribution in [0.4, 0.5) is 8.78 Å². The van der Waals surface area contributed by atoms with E-state index in [0.29, 0.717) is 24.5 Å². The van der Waals surface area contributed by atoms with Crippen molar-refractivity contribution in [3.63, 3.8) is 0 Å². The molecule has 1 aromatic heterocycles. The summed E-state index contributed by atoms with van der Waals surface area (Å²) in [5, 5.41) is 10.4. The van der Waals surface area contributed by atoms with Crippen LogP contribution in [0.3, 0.4) is 0 Å². The fourth-order valence-corrected chi connectivity index (χ4v) is 2.18. The summed E-state index contributed by atoms with van der Waals surface area (Å²) < 4.78 is 28.1. The van der Waals surface area contributed by atoms with E-state index in [0.717, 1.165) is 25.6 Å². The second kappa shape index (κ2) is 11.0.